The number of aromatic nitrogens is 2. The molecule has 0 saturated carbocycles. The Balaban J connectivity index is 2.13. The van der Waals surface area contributed by atoms with Gasteiger partial charge in [0.05, 0.1) is 24.7 Å². The summed E-state index contributed by atoms with van der Waals surface area (Å²) >= 11 is 0. The highest BCUT2D eigenvalue weighted by Gasteiger charge is 2.08. The second kappa shape index (κ2) is 4.95. The highest BCUT2D eigenvalue weighted by molar-refractivity contribution is 5.68. The van der Waals surface area contributed by atoms with Gasteiger partial charge in [0.1, 0.15) is 0 Å². The molecule has 0 aliphatic heterocycles. The van der Waals surface area contributed by atoms with Crippen LogP contribution < -0.4 is 15.8 Å². The summed E-state index contributed by atoms with van der Waals surface area (Å²) in [6.45, 7) is 0.562. The lowest BCUT2D eigenvalue weighted by molar-refractivity contribution is 0.387. The number of hydrogen-bond acceptors (Lipinski definition) is 4. The van der Waals surface area contributed by atoms with E-state index in [1.54, 1.807) is 16.9 Å². The molecule has 18 heavy (non-hydrogen) atoms. The van der Waals surface area contributed by atoms with Crippen molar-refractivity contribution in [2.45, 2.75) is 6.54 Å². The van der Waals surface area contributed by atoms with Crippen LogP contribution in [0.2, 0.25) is 0 Å². The quantitative estimate of drug-likeness (QED) is 0.811. The Labute approximate surface area is 104 Å². The van der Waals surface area contributed by atoms with Gasteiger partial charge in [-0.05, 0) is 0 Å². The van der Waals surface area contributed by atoms with E-state index in [1.165, 1.54) is 13.2 Å². The molecule has 0 radical (unpaired) electrons. The number of nitrogens with zero attached hydrogens (tertiary/aromatic N) is 2. The molecule has 0 aliphatic carbocycles. The van der Waals surface area contributed by atoms with E-state index in [4.69, 9.17) is 10.5 Å². The molecule has 0 amide bonds. The third kappa shape index (κ3) is 2.53. The van der Waals surface area contributed by atoms with Gasteiger partial charge in [-0.15, -0.1) is 0 Å². The summed E-state index contributed by atoms with van der Waals surface area (Å²) in [7, 11) is 3.26. The second-order valence-electron chi connectivity index (χ2n) is 3.95. The second-order valence-corrected chi connectivity index (χ2v) is 3.95. The summed E-state index contributed by atoms with van der Waals surface area (Å²) in [5.74, 6) is -0.306. The molecule has 2 rings (SSSR count). The fourth-order valence-electron chi connectivity index (χ4n) is 1.64. The standard InChI is InChI=1S/C12H15FN4O/c1-17-7-8(6-16-17)5-15-11-4-12(18-2)9(13)3-10(11)14/h3-4,6-7,15H,5,14H2,1-2H3. The lowest BCUT2D eigenvalue weighted by Gasteiger charge is -2.11. The zero-order valence-electron chi connectivity index (χ0n) is 10.3. The molecule has 0 unspecified atom stereocenters. The number of halogens is 1. The number of hydrogen-bond donors (Lipinski definition) is 2. The molecular formula is C12H15FN4O. The third-order valence-corrected chi connectivity index (χ3v) is 2.57. The monoisotopic (exact) mass is 250 g/mol. The third-order valence-electron chi connectivity index (χ3n) is 2.57. The molecule has 0 spiro atoms. The SMILES string of the molecule is COc1cc(NCc2cnn(C)c2)c(N)cc1F. The molecule has 96 valence electrons. The van der Waals surface area contributed by atoms with Gasteiger partial charge in [-0.25, -0.2) is 4.39 Å². The summed E-state index contributed by atoms with van der Waals surface area (Å²) in [6, 6.07) is 2.78. The lowest BCUT2D eigenvalue weighted by Crippen LogP contribution is -2.03. The molecule has 2 aromatic rings. The summed E-state index contributed by atoms with van der Waals surface area (Å²) in [4.78, 5) is 0. The molecule has 1 aromatic heterocycles. The summed E-state index contributed by atoms with van der Waals surface area (Å²) in [6.07, 6.45) is 3.65. The number of methoxy groups -OCH3 is 1. The number of anilines is 2. The van der Waals surface area contributed by atoms with Gasteiger partial charge in [-0.2, -0.15) is 5.10 Å². The molecular weight excluding hydrogens is 235 g/mol. The van der Waals surface area contributed by atoms with Crippen molar-refractivity contribution >= 4 is 11.4 Å². The Morgan fingerprint density at radius 1 is 1.50 bits per heavy atom. The summed E-state index contributed by atoms with van der Waals surface area (Å²) in [5, 5.41) is 7.18. The molecule has 1 heterocycles. The molecule has 5 nitrogen and oxygen atoms in total. The Kier molecular flexibility index (Phi) is 3.36. The topological polar surface area (TPSA) is 65.1 Å². The smallest absolute Gasteiger partial charge is 0.167 e. The molecule has 0 aliphatic rings. The number of aryl methyl sites for hydroxylation is 1. The minimum atomic E-state index is -0.470. The van der Waals surface area contributed by atoms with Crippen molar-refractivity contribution < 1.29 is 9.13 Å². The van der Waals surface area contributed by atoms with Crippen LogP contribution in [0, 0.1) is 5.82 Å². The van der Waals surface area contributed by atoms with Crippen molar-refractivity contribution in [3.05, 3.63) is 35.9 Å². The number of nitrogen functional groups attached to an aromatic ring is 1. The average molecular weight is 250 g/mol. The Morgan fingerprint density at radius 3 is 2.89 bits per heavy atom. The first-order valence-electron chi connectivity index (χ1n) is 5.44. The van der Waals surface area contributed by atoms with Gasteiger partial charge < -0.3 is 15.8 Å². The van der Waals surface area contributed by atoms with Crippen LogP contribution in [0.25, 0.3) is 0 Å². The largest absolute Gasteiger partial charge is 0.494 e. The van der Waals surface area contributed by atoms with Gasteiger partial charge in [0.2, 0.25) is 0 Å². The van der Waals surface area contributed by atoms with Crippen LogP contribution in [0.4, 0.5) is 15.8 Å². The first-order valence-corrected chi connectivity index (χ1v) is 5.44. The Morgan fingerprint density at radius 2 is 2.28 bits per heavy atom. The zero-order valence-corrected chi connectivity index (χ0v) is 10.3. The van der Waals surface area contributed by atoms with E-state index in [0.29, 0.717) is 17.9 Å². The van der Waals surface area contributed by atoms with E-state index in [2.05, 4.69) is 10.4 Å². The predicted octanol–water partition coefficient (Wildman–Crippen LogP) is 1.76. The number of rotatable bonds is 4. The van der Waals surface area contributed by atoms with Gasteiger partial charge in [-0.3, -0.25) is 4.68 Å². The van der Waals surface area contributed by atoms with Crippen molar-refractivity contribution in [1.29, 1.82) is 0 Å². The highest BCUT2D eigenvalue weighted by atomic mass is 19.1. The van der Waals surface area contributed by atoms with E-state index in [1.807, 2.05) is 13.2 Å². The maximum absolute atomic E-state index is 13.4. The van der Waals surface area contributed by atoms with Gasteiger partial charge in [0.15, 0.2) is 11.6 Å². The first kappa shape index (κ1) is 12.2. The van der Waals surface area contributed by atoms with E-state index in [-0.39, 0.29) is 5.75 Å². The predicted molar refractivity (Wildman–Crippen MR) is 67.9 cm³/mol. The lowest BCUT2D eigenvalue weighted by atomic mass is 10.2. The number of nitrogens with two attached hydrogens (primary N) is 1. The number of nitrogens with one attached hydrogen (secondary N) is 1. The molecule has 0 fully saturated rings. The van der Waals surface area contributed by atoms with Gasteiger partial charge >= 0.3 is 0 Å². The molecule has 1 aromatic carbocycles. The molecule has 6 heteroatoms. The normalized spacial score (nSPS) is 10.4. The Hall–Kier alpha value is -2.24. The van der Waals surface area contributed by atoms with Crippen molar-refractivity contribution in [2.75, 3.05) is 18.2 Å². The van der Waals surface area contributed by atoms with Crippen molar-refractivity contribution in [2.24, 2.45) is 7.05 Å². The van der Waals surface area contributed by atoms with E-state index in [0.717, 1.165) is 5.56 Å². The maximum Gasteiger partial charge on any atom is 0.167 e. The minimum Gasteiger partial charge on any atom is -0.494 e. The van der Waals surface area contributed by atoms with Crippen LogP contribution in [0.15, 0.2) is 24.5 Å². The number of benzene rings is 1. The highest BCUT2D eigenvalue weighted by Crippen LogP contribution is 2.28. The molecule has 0 bridgehead atoms. The van der Waals surface area contributed by atoms with Crippen LogP contribution in [-0.2, 0) is 13.6 Å². The Bertz CT molecular complexity index is 553. The van der Waals surface area contributed by atoms with Crippen LogP contribution in [0.3, 0.4) is 0 Å². The van der Waals surface area contributed by atoms with E-state index in [9.17, 15) is 4.39 Å². The van der Waals surface area contributed by atoms with Crippen LogP contribution >= 0.6 is 0 Å². The first-order chi connectivity index (χ1) is 8.60. The van der Waals surface area contributed by atoms with Crippen LogP contribution in [0.1, 0.15) is 5.56 Å². The van der Waals surface area contributed by atoms with E-state index >= 15 is 0 Å². The number of ether oxygens (including phenoxy) is 1. The summed E-state index contributed by atoms with van der Waals surface area (Å²) in [5.41, 5.74) is 7.73. The molecule has 3 N–H and O–H groups in total. The molecule has 0 atom stereocenters. The van der Waals surface area contributed by atoms with Gasteiger partial charge in [-0.1, -0.05) is 0 Å². The zero-order chi connectivity index (χ0) is 13.1. The van der Waals surface area contributed by atoms with Gasteiger partial charge in [0, 0.05) is 37.5 Å². The van der Waals surface area contributed by atoms with Crippen LogP contribution in [0.5, 0.6) is 5.75 Å². The fourth-order valence-corrected chi connectivity index (χ4v) is 1.64. The van der Waals surface area contributed by atoms with Crippen molar-refractivity contribution in [3.8, 4) is 5.75 Å². The van der Waals surface area contributed by atoms with Crippen molar-refractivity contribution in [1.82, 2.24) is 9.78 Å². The fraction of sp³-hybridized carbons (Fsp3) is 0.250. The maximum atomic E-state index is 13.4. The minimum absolute atomic E-state index is 0.165. The average Bonchev–Trinajstić information content (AvgIpc) is 2.74. The molecule has 0 saturated heterocycles. The summed E-state index contributed by atoms with van der Waals surface area (Å²) < 4.78 is 20.0. The van der Waals surface area contributed by atoms with E-state index < -0.39 is 5.82 Å². The van der Waals surface area contributed by atoms with Crippen molar-refractivity contribution in [3.63, 3.8) is 0 Å². The van der Waals surface area contributed by atoms with Crippen LogP contribution in [-0.4, -0.2) is 16.9 Å². The van der Waals surface area contributed by atoms with Gasteiger partial charge in [0.25, 0.3) is 0 Å².